The van der Waals surface area contributed by atoms with Gasteiger partial charge < -0.3 is 42.8 Å². The van der Waals surface area contributed by atoms with Gasteiger partial charge in [0.05, 0.1) is 23.2 Å². The van der Waals surface area contributed by atoms with Crippen molar-refractivity contribution < 1.29 is 27.6 Å². The van der Waals surface area contributed by atoms with Crippen LogP contribution in [0.15, 0.2) is 42.5 Å². The van der Waals surface area contributed by atoms with Gasteiger partial charge in [0.1, 0.15) is 0 Å². The van der Waals surface area contributed by atoms with Crippen LogP contribution in [0.3, 0.4) is 0 Å². The lowest BCUT2D eigenvalue weighted by Crippen LogP contribution is -2.48. The van der Waals surface area contributed by atoms with Crippen LogP contribution in [0.2, 0.25) is 0 Å². The van der Waals surface area contributed by atoms with Gasteiger partial charge in [0.2, 0.25) is 5.91 Å². The SMILES string of the molecule is CC1(C)OB(O)c2cc(NCC(Cc3ccc(C(F)(F)F)cc3)NC(=O)C(N)CCCNCC(CN)CN)ccc21. The molecule has 1 aliphatic heterocycles. The fourth-order valence-corrected chi connectivity index (χ4v) is 4.82. The molecule has 10 N–H and O–H groups in total. The maximum Gasteiger partial charge on any atom is 0.492 e. The van der Waals surface area contributed by atoms with Gasteiger partial charge in [-0.2, -0.15) is 13.2 Å². The Balaban J connectivity index is 1.63. The predicted octanol–water partition coefficient (Wildman–Crippen LogP) is 1.03. The molecule has 1 amide bonds. The molecule has 3 rings (SSSR count). The van der Waals surface area contributed by atoms with Crippen molar-refractivity contribution in [3.8, 4) is 0 Å². The number of hydrogen-bond donors (Lipinski definition) is 7. The summed E-state index contributed by atoms with van der Waals surface area (Å²) in [6, 6.07) is 9.20. The molecular formula is C28H42BF3N6O3. The van der Waals surface area contributed by atoms with E-state index in [1.165, 1.54) is 12.1 Å². The Labute approximate surface area is 239 Å². The molecule has 0 fully saturated rings. The highest BCUT2D eigenvalue weighted by atomic mass is 19.4. The first-order chi connectivity index (χ1) is 19.3. The third-order valence-electron chi connectivity index (χ3n) is 7.34. The highest BCUT2D eigenvalue weighted by Crippen LogP contribution is 2.31. The van der Waals surface area contributed by atoms with Crippen LogP contribution in [0.25, 0.3) is 0 Å². The minimum absolute atomic E-state index is 0.193. The molecule has 1 heterocycles. The fourth-order valence-electron chi connectivity index (χ4n) is 4.82. The maximum atomic E-state index is 13.0. The molecule has 2 unspecified atom stereocenters. The molecule has 13 heteroatoms. The van der Waals surface area contributed by atoms with Gasteiger partial charge in [-0.3, -0.25) is 4.79 Å². The van der Waals surface area contributed by atoms with Crippen LogP contribution in [0.5, 0.6) is 0 Å². The number of fused-ring (bicyclic) bond motifs is 1. The number of nitrogens with two attached hydrogens (primary N) is 3. The molecule has 0 saturated carbocycles. The van der Waals surface area contributed by atoms with Crippen LogP contribution in [-0.2, 0) is 27.6 Å². The number of amides is 1. The zero-order chi connectivity index (χ0) is 30.2. The quantitative estimate of drug-likeness (QED) is 0.122. The average Bonchev–Trinajstić information content (AvgIpc) is 3.16. The summed E-state index contributed by atoms with van der Waals surface area (Å²) in [5, 5.41) is 19.8. The summed E-state index contributed by atoms with van der Waals surface area (Å²) in [6.07, 6.45) is -3.02. The van der Waals surface area contributed by atoms with Crippen LogP contribution in [0.4, 0.5) is 18.9 Å². The molecule has 1 aliphatic rings. The van der Waals surface area contributed by atoms with Crippen LogP contribution in [0.1, 0.15) is 43.4 Å². The minimum Gasteiger partial charge on any atom is -0.423 e. The summed E-state index contributed by atoms with van der Waals surface area (Å²) < 4.78 is 44.7. The van der Waals surface area contributed by atoms with E-state index in [9.17, 15) is 23.0 Å². The number of nitrogens with one attached hydrogen (secondary N) is 3. The second-order valence-electron chi connectivity index (χ2n) is 11.1. The summed E-state index contributed by atoms with van der Waals surface area (Å²) in [4.78, 5) is 13.0. The third-order valence-corrected chi connectivity index (χ3v) is 7.34. The summed E-state index contributed by atoms with van der Waals surface area (Å²) in [5.74, 6) is -0.150. The van der Waals surface area contributed by atoms with E-state index in [1.807, 2.05) is 26.0 Å². The molecule has 0 saturated heterocycles. The van der Waals surface area contributed by atoms with Gasteiger partial charge in [-0.15, -0.1) is 0 Å². The van der Waals surface area contributed by atoms with Crippen molar-refractivity contribution in [3.05, 3.63) is 59.2 Å². The molecule has 226 valence electrons. The average molecular weight is 578 g/mol. The first-order valence-electron chi connectivity index (χ1n) is 13.9. The van der Waals surface area contributed by atoms with Crippen molar-refractivity contribution in [1.29, 1.82) is 0 Å². The van der Waals surface area contributed by atoms with E-state index in [2.05, 4.69) is 16.0 Å². The van der Waals surface area contributed by atoms with Crippen molar-refractivity contribution in [2.75, 3.05) is 38.0 Å². The van der Waals surface area contributed by atoms with Crippen molar-refractivity contribution in [2.45, 2.75) is 57.0 Å². The molecular weight excluding hydrogens is 536 g/mol. The smallest absolute Gasteiger partial charge is 0.423 e. The molecule has 2 aromatic rings. The predicted molar refractivity (Wildman–Crippen MR) is 155 cm³/mol. The molecule has 41 heavy (non-hydrogen) atoms. The maximum absolute atomic E-state index is 13.0. The van der Waals surface area contributed by atoms with Crippen molar-refractivity contribution in [1.82, 2.24) is 10.6 Å². The number of halogens is 3. The second-order valence-corrected chi connectivity index (χ2v) is 11.1. The lowest BCUT2D eigenvalue weighted by atomic mass is 9.78. The van der Waals surface area contributed by atoms with Gasteiger partial charge in [0.25, 0.3) is 0 Å². The molecule has 2 atom stereocenters. The summed E-state index contributed by atoms with van der Waals surface area (Å²) in [6.45, 7) is 6.38. The molecule has 0 spiro atoms. The normalized spacial score (nSPS) is 16.0. The Bertz CT molecular complexity index is 1130. The lowest BCUT2D eigenvalue weighted by Gasteiger charge is -2.23. The summed E-state index contributed by atoms with van der Waals surface area (Å²) >= 11 is 0. The Morgan fingerprint density at radius 1 is 1.10 bits per heavy atom. The van der Waals surface area contributed by atoms with Crippen LogP contribution >= 0.6 is 0 Å². The van der Waals surface area contributed by atoms with Crippen molar-refractivity contribution in [3.63, 3.8) is 0 Å². The summed E-state index contributed by atoms with van der Waals surface area (Å²) in [5.41, 5.74) is 19.0. The topological polar surface area (TPSA) is 161 Å². The molecule has 0 aliphatic carbocycles. The van der Waals surface area contributed by atoms with Crippen LogP contribution in [-0.4, -0.2) is 62.9 Å². The molecule has 2 aromatic carbocycles. The highest BCUT2D eigenvalue weighted by molar-refractivity contribution is 6.62. The number of alkyl halides is 3. The zero-order valence-corrected chi connectivity index (χ0v) is 23.6. The Morgan fingerprint density at radius 3 is 2.41 bits per heavy atom. The van der Waals surface area contributed by atoms with E-state index >= 15 is 0 Å². The number of carbonyl (C=O) groups excluding carboxylic acids is 1. The largest absolute Gasteiger partial charge is 0.492 e. The van der Waals surface area contributed by atoms with Gasteiger partial charge >= 0.3 is 13.3 Å². The molecule has 0 bridgehead atoms. The Kier molecular flexibility index (Phi) is 11.6. The number of rotatable bonds is 15. The molecule has 0 radical (unpaired) electrons. The van der Waals surface area contributed by atoms with Gasteiger partial charge in [0, 0.05) is 18.8 Å². The number of anilines is 1. The Morgan fingerprint density at radius 2 is 1.78 bits per heavy atom. The van der Waals surface area contributed by atoms with E-state index < -0.39 is 36.5 Å². The number of carbonyl (C=O) groups is 1. The molecule has 0 aromatic heterocycles. The number of benzene rings is 2. The second kappa shape index (κ2) is 14.5. The van der Waals surface area contributed by atoms with Gasteiger partial charge in [-0.25, -0.2) is 0 Å². The van der Waals surface area contributed by atoms with E-state index in [4.69, 9.17) is 21.9 Å². The lowest BCUT2D eigenvalue weighted by molar-refractivity contribution is -0.137. The Hall–Kier alpha value is -2.68. The first kappa shape index (κ1) is 32.8. The molecule has 9 nitrogen and oxygen atoms in total. The van der Waals surface area contributed by atoms with Gasteiger partial charge in [0.15, 0.2) is 0 Å². The van der Waals surface area contributed by atoms with Crippen LogP contribution < -0.4 is 38.6 Å². The highest BCUT2D eigenvalue weighted by Gasteiger charge is 2.40. The standard InChI is InChI=1S/C28H42BF3N6O3/c1-27(2)23-10-9-21(13-24(23)29(40)41-27)37-17-22(12-18-5-7-20(8-6-18)28(30,31)32)38-26(39)25(35)4-3-11-36-16-19(14-33)15-34/h5-10,13,19,22,25,36-37,40H,3-4,11-12,14-17,33-35H2,1-2H3,(H,38,39). The summed E-state index contributed by atoms with van der Waals surface area (Å²) in [7, 11) is -1.05. The zero-order valence-electron chi connectivity index (χ0n) is 23.6. The minimum atomic E-state index is -4.43. The van der Waals surface area contributed by atoms with Gasteiger partial charge in [-0.1, -0.05) is 18.2 Å². The van der Waals surface area contributed by atoms with E-state index in [1.54, 1.807) is 6.07 Å². The van der Waals surface area contributed by atoms with Gasteiger partial charge in [-0.05, 0) is 99.5 Å². The fraction of sp³-hybridized carbons (Fsp3) is 0.536. The third kappa shape index (κ3) is 9.42. The van der Waals surface area contributed by atoms with E-state index in [0.29, 0.717) is 55.7 Å². The van der Waals surface area contributed by atoms with E-state index in [0.717, 1.165) is 17.7 Å². The monoisotopic (exact) mass is 578 g/mol. The van der Waals surface area contributed by atoms with Crippen molar-refractivity contribution in [2.24, 2.45) is 23.1 Å². The van der Waals surface area contributed by atoms with E-state index in [-0.39, 0.29) is 24.8 Å². The van der Waals surface area contributed by atoms with Crippen LogP contribution in [0, 0.1) is 5.92 Å². The van der Waals surface area contributed by atoms with Crippen molar-refractivity contribution >= 4 is 24.2 Å². The first-order valence-corrected chi connectivity index (χ1v) is 13.9. The number of hydrogen-bond acceptors (Lipinski definition) is 8.